The van der Waals surface area contributed by atoms with Crippen LogP contribution in [0.5, 0.6) is 0 Å². The van der Waals surface area contributed by atoms with E-state index >= 15 is 0 Å². The average Bonchev–Trinajstić information content (AvgIpc) is 2.51. The summed E-state index contributed by atoms with van der Waals surface area (Å²) >= 11 is 0. The predicted octanol–water partition coefficient (Wildman–Crippen LogP) is 4.90. The topological polar surface area (TPSA) is 21.4 Å². The Bertz CT molecular complexity index is 718. The van der Waals surface area contributed by atoms with Crippen molar-refractivity contribution in [1.29, 1.82) is 0 Å². The minimum Gasteiger partial charge on any atom is -0.307 e. The number of rotatable bonds is 1. The lowest BCUT2D eigenvalue weighted by Crippen LogP contribution is -2.47. The number of benzene rings is 1. The molecule has 3 rings (SSSR count). The van der Waals surface area contributed by atoms with Gasteiger partial charge in [-0.3, -0.25) is 0 Å². The van der Waals surface area contributed by atoms with Crippen LogP contribution < -0.4 is 0 Å². The predicted molar refractivity (Wildman–Crippen MR) is 88.7 cm³/mol. The Kier molecular flexibility index (Phi) is 3.33. The summed E-state index contributed by atoms with van der Waals surface area (Å²) < 4.78 is 0. The van der Waals surface area contributed by atoms with Crippen LogP contribution in [0.15, 0.2) is 48.2 Å². The summed E-state index contributed by atoms with van der Waals surface area (Å²) in [5, 5.41) is 0. The Balaban J connectivity index is 2.06. The Morgan fingerprint density at radius 1 is 1.18 bits per heavy atom. The van der Waals surface area contributed by atoms with Crippen LogP contribution in [0.3, 0.4) is 0 Å². The lowest BCUT2D eigenvalue weighted by Gasteiger charge is -2.50. The Hall–Kier alpha value is -2.14. The van der Waals surface area contributed by atoms with Crippen LogP contribution in [0.2, 0.25) is 0 Å². The number of fused-ring (bicyclic) bond motifs is 1. The van der Waals surface area contributed by atoms with Crippen molar-refractivity contribution >= 4 is 11.4 Å². The van der Waals surface area contributed by atoms with Crippen molar-refractivity contribution in [3.05, 3.63) is 65.2 Å². The number of hydrogen-bond donors (Lipinski definition) is 0. The lowest BCUT2D eigenvalue weighted by molar-refractivity contribution is -0.129. The number of ketones is 1. The second kappa shape index (κ2) is 4.95. The van der Waals surface area contributed by atoms with Gasteiger partial charge < -0.3 is 4.79 Å². The quantitative estimate of drug-likeness (QED) is 0.674. The highest BCUT2D eigenvalue weighted by molar-refractivity contribution is 6.02. The van der Waals surface area contributed by atoms with E-state index in [1.165, 1.54) is 11.1 Å². The van der Waals surface area contributed by atoms with Crippen LogP contribution >= 0.6 is 0 Å². The monoisotopic (exact) mass is 291 g/mol. The van der Waals surface area contributed by atoms with E-state index < -0.39 is 5.41 Å². The molecule has 0 fully saturated rings. The average molecular weight is 291 g/mol. The number of nitrogens with zero attached hydrogens (tertiary/aromatic N) is 1. The zero-order chi connectivity index (χ0) is 16.0. The minimum atomic E-state index is -0.470. The van der Waals surface area contributed by atoms with Crippen molar-refractivity contribution in [2.45, 2.75) is 33.6 Å². The summed E-state index contributed by atoms with van der Waals surface area (Å²) in [6.45, 7) is 13.5. The first-order chi connectivity index (χ1) is 10.4. The third-order valence-corrected chi connectivity index (χ3v) is 5.39. The third-order valence-electron chi connectivity index (χ3n) is 5.39. The molecule has 2 heteroatoms. The molecule has 0 spiro atoms. The van der Waals surface area contributed by atoms with Gasteiger partial charge in [-0.25, -0.2) is 4.85 Å². The fraction of sp³-hybridized carbons (Fsp3) is 0.400. The number of allylic oxidation sites excluding steroid dienone is 4. The van der Waals surface area contributed by atoms with E-state index in [-0.39, 0.29) is 17.1 Å². The molecule has 0 radical (unpaired) electrons. The van der Waals surface area contributed by atoms with Crippen molar-refractivity contribution in [2.24, 2.45) is 16.7 Å². The Labute approximate surface area is 132 Å². The van der Waals surface area contributed by atoms with Gasteiger partial charge in [0.2, 0.25) is 5.70 Å². The molecule has 1 aromatic carbocycles. The maximum atomic E-state index is 12.5. The van der Waals surface area contributed by atoms with Crippen molar-refractivity contribution < 1.29 is 4.79 Å². The first kappa shape index (κ1) is 14.8. The highest BCUT2D eigenvalue weighted by atomic mass is 16.1. The van der Waals surface area contributed by atoms with Crippen molar-refractivity contribution in [3.8, 4) is 0 Å². The molecule has 0 unspecified atom stereocenters. The molecule has 2 nitrogen and oxygen atoms in total. The molecule has 0 N–H and O–H groups in total. The smallest absolute Gasteiger partial charge is 0.226 e. The van der Waals surface area contributed by atoms with Gasteiger partial charge >= 0.3 is 0 Å². The first-order valence-electron chi connectivity index (χ1n) is 7.78. The molecule has 2 aliphatic carbocycles. The van der Waals surface area contributed by atoms with E-state index in [2.05, 4.69) is 42.1 Å². The minimum absolute atomic E-state index is 0.00142. The second-order valence-corrected chi connectivity index (χ2v) is 7.26. The van der Waals surface area contributed by atoms with Gasteiger partial charge in [0.05, 0.1) is 6.57 Å². The number of carbonyl (C=O) groups excluding carboxylic acids is 1. The molecule has 112 valence electrons. The maximum Gasteiger partial charge on any atom is 0.226 e. The van der Waals surface area contributed by atoms with Crippen molar-refractivity contribution in [2.75, 3.05) is 0 Å². The van der Waals surface area contributed by atoms with Gasteiger partial charge in [-0.15, -0.1) is 0 Å². The summed E-state index contributed by atoms with van der Waals surface area (Å²) in [6.07, 6.45) is 6.00. The number of hydrogen-bond acceptors (Lipinski definition) is 1. The summed E-state index contributed by atoms with van der Waals surface area (Å²) in [7, 11) is 0. The number of Topliss-reactive ketones (excluding diaryl/α,β-unsaturated/α-hetero) is 1. The van der Waals surface area contributed by atoms with E-state index in [0.717, 1.165) is 12.8 Å². The molecule has 0 amide bonds. The normalized spacial score (nSPS) is 29.9. The Morgan fingerprint density at radius 3 is 2.50 bits per heavy atom. The molecule has 0 aliphatic heterocycles. The zero-order valence-electron chi connectivity index (χ0n) is 13.4. The summed E-state index contributed by atoms with van der Waals surface area (Å²) in [4.78, 5) is 16.0. The lowest BCUT2D eigenvalue weighted by atomic mass is 9.53. The standard InChI is InChI=1S/C20H21NO/c1-19(2)17-11-10-15(14-8-6-5-7-9-14)12-20(17,3)13-16(21-4)18(19)22/h5-10,13,17H,11-12H2,1-3H3/t17-,20-/m0/s1. The van der Waals surface area contributed by atoms with Gasteiger partial charge in [0.25, 0.3) is 0 Å². The molecule has 0 aromatic heterocycles. The van der Waals surface area contributed by atoms with Gasteiger partial charge in [0, 0.05) is 5.41 Å². The van der Waals surface area contributed by atoms with E-state index in [1.54, 1.807) is 0 Å². The summed E-state index contributed by atoms with van der Waals surface area (Å²) in [5.41, 5.74) is 2.29. The van der Waals surface area contributed by atoms with Crippen LogP contribution in [0.25, 0.3) is 10.4 Å². The third kappa shape index (κ3) is 2.13. The second-order valence-electron chi connectivity index (χ2n) is 7.26. The highest BCUT2D eigenvalue weighted by Crippen LogP contribution is 2.56. The summed E-state index contributed by atoms with van der Waals surface area (Å²) in [5.74, 6) is 0.256. The van der Waals surface area contributed by atoms with E-state index in [4.69, 9.17) is 6.57 Å². The fourth-order valence-corrected chi connectivity index (χ4v) is 4.23. The molecule has 1 aromatic rings. The molecule has 22 heavy (non-hydrogen) atoms. The molecule has 0 saturated carbocycles. The van der Waals surface area contributed by atoms with Crippen LogP contribution in [0.4, 0.5) is 0 Å². The van der Waals surface area contributed by atoms with Gasteiger partial charge in [-0.2, -0.15) is 0 Å². The maximum absolute atomic E-state index is 12.5. The van der Waals surface area contributed by atoms with E-state index in [0.29, 0.717) is 5.70 Å². The zero-order valence-corrected chi connectivity index (χ0v) is 13.4. The molecular formula is C20H21NO. The van der Waals surface area contributed by atoms with Crippen LogP contribution in [-0.2, 0) is 4.79 Å². The number of carbonyl (C=O) groups is 1. The van der Waals surface area contributed by atoms with Gasteiger partial charge in [-0.1, -0.05) is 63.3 Å². The molecule has 2 aliphatic rings. The van der Waals surface area contributed by atoms with E-state index in [9.17, 15) is 4.79 Å². The molecule has 2 atom stereocenters. The van der Waals surface area contributed by atoms with Crippen LogP contribution in [0.1, 0.15) is 39.2 Å². The largest absolute Gasteiger partial charge is 0.307 e. The molecule has 0 saturated heterocycles. The summed E-state index contributed by atoms with van der Waals surface area (Å²) in [6, 6.07) is 10.4. The fourth-order valence-electron chi connectivity index (χ4n) is 4.23. The Morgan fingerprint density at radius 2 is 1.86 bits per heavy atom. The van der Waals surface area contributed by atoms with Crippen molar-refractivity contribution in [1.82, 2.24) is 0 Å². The molecular weight excluding hydrogens is 270 g/mol. The molecule has 0 heterocycles. The van der Waals surface area contributed by atoms with Gasteiger partial charge in [-0.05, 0) is 35.3 Å². The van der Waals surface area contributed by atoms with Gasteiger partial charge in [0.1, 0.15) is 0 Å². The first-order valence-corrected chi connectivity index (χ1v) is 7.78. The van der Waals surface area contributed by atoms with Crippen LogP contribution in [0, 0.1) is 23.3 Å². The SMILES string of the molecule is [C-]#[N+]C1=C[C@]2(C)CC(c3ccccc3)=CC[C@H]2C(C)(C)C1=O. The van der Waals surface area contributed by atoms with E-state index in [1.807, 2.05) is 26.0 Å². The van der Waals surface area contributed by atoms with Crippen LogP contribution in [-0.4, -0.2) is 5.78 Å². The highest BCUT2D eigenvalue weighted by Gasteiger charge is 2.51. The van der Waals surface area contributed by atoms with Crippen molar-refractivity contribution in [3.63, 3.8) is 0 Å². The molecule has 0 bridgehead atoms. The van der Waals surface area contributed by atoms with Gasteiger partial charge in [0.15, 0.2) is 5.78 Å².